The second kappa shape index (κ2) is 6.19. The molecule has 0 amide bonds. The van der Waals surface area contributed by atoms with Crippen LogP contribution in [0.2, 0.25) is 0 Å². The van der Waals surface area contributed by atoms with Gasteiger partial charge < -0.3 is 5.11 Å². The monoisotopic (exact) mass is 339 g/mol. The van der Waals surface area contributed by atoms with Gasteiger partial charge >= 0.3 is 5.97 Å². The minimum absolute atomic E-state index is 0.262. The smallest absolute Gasteiger partial charge is 0.335 e. The Hall–Kier alpha value is -3.91. The van der Waals surface area contributed by atoms with Crippen LogP contribution in [0.3, 0.4) is 0 Å². The molecule has 26 heavy (non-hydrogen) atoms. The highest BCUT2D eigenvalue weighted by atomic mass is 16.4. The Balaban J connectivity index is 1.79. The summed E-state index contributed by atoms with van der Waals surface area (Å²) >= 11 is 0. The van der Waals surface area contributed by atoms with Gasteiger partial charge in [-0.1, -0.05) is 18.2 Å². The Bertz CT molecular complexity index is 1150. The Morgan fingerprint density at radius 1 is 0.962 bits per heavy atom. The van der Waals surface area contributed by atoms with Crippen molar-refractivity contribution in [2.24, 2.45) is 0 Å². The second-order valence-electron chi connectivity index (χ2n) is 5.86. The van der Waals surface area contributed by atoms with Crippen LogP contribution in [0.4, 0.5) is 0 Å². The van der Waals surface area contributed by atoms with Crippen LogP contribution in [0.25, 0.3) is 27.8 Å². The van der Waals surface area contributed by atoms with Crippen LogP contribution in [-0.2, 0) is 0 Å². The number of hydrogen-bond acceptors (Lipinski definition) is 3. The van der Waals surface area contributed by atoms with E-state index in [0.717, 1.165) is 27.8 Å². The molecular weight excluding hydrogens is 326 g/mol. The summed E-state index contributed by atoms with van der Waals surface area (Å²) in [5, 5.41) is 18.0. The number of carboxylic acids is 1. The predicted molar refractivity (Wildman–Crippen MR) is 98.2 cm³/mol. The third-order valence-electron chi connectivity index (χ3n) is 4.29. The van der Waals surface area contributed by atoms with E-state index < -0.39 is 5.97 Å². The molecule has 0 bridgehead atoms. The molecule has 124 valence electrons. The topological polar surface area (TPSA) is 78.9 Å². The third kappa shape index (κ3) is 2.70. The first-order chi connectivity index (χ1) is 12.7. The molecule has 1 heterocycles. The van der Waals surface area contributed by atoms with Crippen molar-refractivity contribution in [3.05, 3.63) is 84.2 Å². The molecule has 0 fully saturated rings. The molecule has 0 aliphatic carbocycles. The number of rotatable bonds is 3. The lowest BCUT2D eigenvalue weighted by Crippen LogP contribution is -1.95. The first kappa shape index (κ1) is 15.6. The molecular formula is C21H13N3O2. The number of hydrogen-bond donors (Lipinski definition) is 1. The molecule has 0 aliphatic rings. The molecule has 4 rings (SSSR count). The summed E-state index contributed by atoms with van der Waals surface area (Å²) in [7, 11) is 0. The van der Waals surface area contributed by atoms with Crippen molar-refractivity contribution in [2.75, 3.05) is 0 Å². The summed E-state index contributed by atoms with van der Waals surface area (Å²) < 4.78 is 1.96. The number of aromatic carboxylic acids is 1. The maximum Gasteiger partial charge on any atom is 0.335 e. The Morgan fingerprint density at radius 2 is 1.65 bits per heavy atom. The highest BCUT2D eigenvalue weighted by Crippen LogP contribution is 2.26. The fourth-order valence-electron chi connectivity index (χ4n) is 2.89. The molecule has 4 aromatic rings. The molecule has 0 spiro atoms. The Labute approximate surface area is 149 Å². The van der Waals surface area contributed by atoms with Crippen LogP contribution in [0.15, 0.2) is 73.1 Å². The van der Waals surface area contributed by atoms with Gasteiger partial charge in [0.05, 0.1) is 28.2 Å². The minimum Gasteiger partial charge on any atom is -0.478 e. The highest BCUT2D eigenvalue weighted by molar-refractivity contribution is 5.89. The second-order valence-corrected chi connectivity index (χ2v) is 5.86. The quantitative estimate of drug-likeness (QED) is 0.605. The maximum atomic E-state index is 11.0. The fraction of sp³-hybridized carbons (Fsp3) is 0. The number of aromatic nitrogens is 2. The van der Waals surface area contributed by atoms with Crippen molar-refractivity contribution in [3.63, 3.8) is 0 Å². The molecule has 5 heteroatoms. The number of nitriles is 1. The van der Waals surface area contributed by atoms with E-state index >= 15 is 0 Å². The van der Waals surface area contributed by atoms with Crippen LogP contribution < -0.4 is 0 Å². The van der Waals surface area contributed by atoms with Gasteiger partial charge in [0.15, 0.2) is 0 Å². The first-order valence-electron chi connectivity index (χ1n) is 7.97. The molecule has 5 nitrogen and oxygen atoms in total. The zero-order valence-corrected chi connectivity index (χ0v) is 13.6. The number of nitrogens with zero attached hydrogens (tertiary/aromatic N) is 3. The summed E-state index contributed by atoms with van der Waals surface area (Å²) in [5.41, 5.74) is 5.50. The van der Waals surface area contributed by atoms with Gasteiger partial charge in [-0.25, -0.2) is 9.78 Å². The minimum atomic E-state index is -0.939. The maximum absolute atomic E-state index is 11.0. The average Bonchev–Trinajstić information content (AvgIpc) is 3.11. The molecule has 0 aliphatic heterocycles. The Morgan fingerprint density at radius 3 is 2.31 bits per heavy atom. The van der Waals surface area contributed by atoms with Gasteiger partial charge in [0, 0.05) is 5.69 Å². The van der Waals surface area contributed by atoms with Crippen molar-refractivity contribution in [1.29, 1.82) is 5.26 Å². The van der Waals surface area contributed by atoms with Crippen molar-refractivity contribution >= 4 is 17.0 Å². The molecule has 3 aromatic carbocycles. The number of carbonyl (C=O) groups is 1. The van der Waals surface area contributed by atoms with Crippen LogP contribution in [-0.4, -0.2) is 20.6 Å². The predicted octanol–water partition coefficient (Wildman–Crippen LogP) is 4.26. The van der Waals surface area contributed by atoms with Crippen LogP contribution in [0, 0.1) is 11.3 Å². The van der Waals surface area contributed by atoms with Gasteiger partial charge in [-0.15, -0.1) is 0 Å². The summed E-state index contributed by atoms with van der Waals surface area (Å²) in [5.74, 6) is -0.939. The van der Waals surface area contributed by atoms with E-state index in [0.29, 0.717) is 5.56 Å². The normalized spacial score (nSPS) is 10.6. The molecule has 1 N–H and O–H groups in total. The summed E-state index contributed by atoms with van der Waals surface area (Å²) in [6.45, 7) is 0. The van der Waals surface area contributed by atoms with Gasteiger partial charge in [0.1, 0.15) is 6.33 Å². The van der Waals surface area contributed by atoms with Gasteiger partial charge in [-0.05, 0) is 59.7 Å². The zero-order valence-electron chi connectivity index (χ0n) is 13.6. The van der Waals surface area contributed by atoms with E-state index in [1.165, 1.54) is 0 Å². The molecule has 0 atom stereocenters. The number of carboxylic acid groups (broad SMARTS) is 1. The lowest BCUT2D eigenvalue weighted by atomic mass is 10.0. The largest absolute Gasteiger partial charge is 0.478 e. The van der Waals surface area contributed by atoms with E-state index in [2.05, 4.69) is 11.1 Å². The average molecular weight is 339 g/mol. The Kier molecular flexibility index (Phi) is 3.71. The van der Waals surface area contributed by atoms with Gasteiger partial charge in [0.2, 0.25) is 0 Å². The van der Waals surface area contributed by atoms with Crippen molar-refractivity contribution < 1.29 is 9.90 Å². The van der Waals surface area contributed by atoms with E-state index in [1.807, 2.05) is 34.9 Å². The molecule has 0 unspecified atom stereocenters. The fourth-order valence-corrected chi connectivity index (χ4v) is 2.89. The zero-order chi connectivity index (χ0) is 18.1. The van der Waals surface area contributed by atoms with Gasteiger partial charge in [-0.2, -0.15) is 5.26 Å². The number of fused-ring (bicyclic) bond motifs is 1. The van der Waals surface area contributed by atoms with E-state index in [1.54, 1.807) is 42.7 Å². The van der Waals surface area contributed by atoms with E-state index in [-0.39, 0.29) is 5.56 Å². The van der Waals surface area contributed by atoms with Crippen molar-refractivity contribution in [3.8, 4) is 22.9 Å². The molecule has 0 saturated heterocycles. The van der Waals surface area contributed by atoms with Gasteiger partial charge in [-0.3, -0.25) is 4.57 Å². The number of imidazole rings is 1. The van der Waals surface area contributed by atoms with E-state index in [9.17, 15) is 4.79 Å². The highest BCUT2D eigenvalue weighted by Gasteiger charge is 2.08. The summed E-state index contributed by atoms with van der Waals surface area (Å²) in [6, 6.07) is 22.1. The number of benzene rings is 3. The SMILES string of the molecule is N#Cc1ccc(-n2cnc3ccc(-c4ccc(C(=O)O)cc4)cc32)cc1. The molecule has 1 aromatic heterocycles. The standard InChI is InChI=1S/C21H13N3O2/c22-12-14-1-8-18(9-2-14)24-13-23-19-10-7-17(11-20(19)24)15-3-5-16(6-4-15)21(25)26/h1-11,13H,(H,25,26). The van der Waals surface area contributed by atoms with E-state index in [4.69, 9.17) is 10.4 Å². The van der Waals surface area contributed by atoms with Crippen LogP contribution in [0.1, 0.15) is 15.9 Å². The lowest BCUT2D eigenvalue weighted by molar-refractivity contribution is 0.0697. The first-order valence-corrected chi connectivity index (χ1v) is 7.97. The summed E-state index contributed by atoms with van der Waals surface area (Å²) in [4.78, 5) is 15.4. The van der Waals surface area contributed by atoms with Crippen LogP contribution >= 0.6 is 0 Å². The van der Waals surface area contributed by atoms with Crippen molar-refractivity contribution in [2.45, 2.75) is 0 Å². The molecule has 0 saturated carbocycles. The summed E-state index contributed by atoms with van der Waals surface area (Å²) in [6.07, 6.45) is 1.75. The lowest BCUT2D eigenvalue weighted by Gasteiger charge is -2.07. The van der Waals surface area contributed by atoms with Crippen LogP contribution in [0.5, 0.6) is 0 Å². The third-order valence-corrected chi connectivity index (χ3v) is 4.29. The molecule has 0 radical (unpaired) electrons. The van der Waals surface area contributed by atoms with Crippen molar-refractivity contribution in [1.82, 2.24) is 9.55 Å². The van der Waals surface area contributed by atoms with Gasteiger partial charge in [0.25, 0.3) is 0 Å².